The molecule has 2 aromatic carbocycles. The average molecular weight is 407 g/mol. The van der Waals surface area contributed by atoms with Gasteiger partial charge in [0.15, 0.2) is 0 Å². The van der Waals surface area contributed by atoms with E-state index in [9.17, 15) is 10.2 Å². The zero-order valence-corrected chi connectivity index (χ0v) is 20.0. The standard InChI is InChI=1S/C25H36O2.Ca/c1-3-5-7-9-11-20-13-15-24(26)22(17-20)19-23-18-21(14-16-25(23)27)12-10-8-6-4-2;/h13-18,26-27H,3-12,19H2,1-2H3;/q;+2/p-2. The van der Waals surface area contributed by atoms with Crippen LogP contribution in [0.3, 0.4) is 0 Å². The minimum absolute atomic E-state index is 0. The molecule has 0 fully saturated rings. The van der Waals surface area contributed by atoms with E-state index in [0.29, 0.717) is 6.42 Å². The summed E-state index contributed by atoms with van der Waals surface area (Å²) in [4.78, 5) is 0. The summed E-state index contributed by atoms with van der Waals surface area (Å²) < 4.78 is 0. The van der Waals surface area contributed by atoms with Crippen LogP contribution in [0.15, 0.2) is 36.4 Å². The molecule has 0 saturated carbocycles. The molecule has 2 aromatic rings. The van der Waals surface area contributed by atoms with Crippen molar-refractivity contribution in [3.05, 3.63) is 58.7 Å². The maximum atomic E-state index is 12.3. The van der Waals surface area contributed by atoms with E-state index in [2.05, 4.69) is 13.8 Å². The maximum absolute atomic E-state index is 12.3. The summed E-state index contributed by atoms with van der Waals surface area (Å²) in [5.41, 5.74) is 3.93. The van der Waals surface area contributed by atoms with Crippen LogP contribution in [0.1, 0.15) is 87.5 Å². The van der Waals surface area contributed by atoms with Crippen LogP contribution in [0.4, 0.5) is 0 Å². The van der Waals surface area contributed by atoms with Gasteiger partial charge in [0.05, 0.1) is 0 Å². The van der Waals surface area contributed by atoms with Gasteiger partial charge >= 0.3 is 37.7 Å². The predicted molar refractivity (Wildman–Crippen MR) is 116 cm³/mol. The topological polar surface area (TPSA) is 46.1 Å². The van der Waals surface area contributed by atoms with Gasteiger partial charge in [-0.15, -0.1) is 11.5 Å². The molecule has 3 heteroatoms. The van der Waals surface area contributed by atoms with Gasteiger partial charge in [-0.2, -0.15) is 0 Å². The first kappa shape index (κ1) is 25.3. The molecule has 0 aliphatic carbocycles. The Morgan fingerprint density at radius 3 is 1.43 bits per heavy atom. The third kappa shape index (κ3) is 8.76. The maximum Gasteiger partial charge on any atom is 2.00 e. The van der Waals surface area contributed by atoms with Crippen LogP contribution in [-0.2, 0) is 19.3 Å². The predicted octanol–water partition coefficient (Wildman–Crippen LogP) is 5.29. The minimum Gasteiger partial charge on any atom is -0.872 e. The molecule has 0 radical (unpaired) electrons. The van der Waals surface area contributed by atoms with Crippen LogP contribution in [0.2, 0.25) is 0 Å². The molecule has 0 saturated heterocycles. The monoisotopic (exact) mass is 406 g/mol. The van der Waals surface area contributed by atoms with Gasteiger partial charge in [0, 0.05) is 0 Å². The second-order valence-corrected chi connectivity index (χ2v) is 7.68. The summed E-state index contributed by atoms with van der Waals surface area (Å²) in [6.07, 6.45) is 12.2. The smallest absolute Gasteiger partial charge is 0.872 e. The van der Waals surface area contributed by atoms with Crippen molar-refractivity contribution >= 4 is 37.7 Å². The van der Waals surface area contributed by atoms with Crippen LogP contribution in [0.5, 0.6) is 11.5 Å². The van der Waals surface area contributed by atoms with Gasteiger partial charge in [0.2, 0.25) is 0 Å². The number of benzene rings is 2. The fourth-order valence-corrected chi connectivity index (χ4v) is 3.57. The van der Waals surface area contributed by atoms with E-state index in [4.69, 9.17) is 0 Å². The van der Waals surface area contributed by atoms with Gasteiger partial charge in [-0.3, -0.25) is 0 Å². The molecule has 0 bridgehead atoms. The first-order valence-corrected chi connectivity index (χ1v) is 10.7. The number of rotatable bonds is 12. The van der Waals surface area contributed by atoms with Crippen molar-refractivity contribution in [2.24, 2.45) is 0 Å². The molecule has 0 aliphatic heterocycles. The van der Waals surface area contributed by atoms with Gasteiger partial charge in [0.25, 0.3) is 0 Å². The van der Waals surface area contributed by atoms with Crippen LogP contribution < -0.4 is 10.2 Å². The number of hydrogen-bond acceptors (Lipinski definition) is 2. The zero-order chi connectivity index (χ0) is 19.5. The van der Waals surface area contributed by atoms with E-state index in [1.54, 1.807) is 12.1 Å². The average Bonchev–Trinajstić information content (AvgIpc) is 2.67. The number of aryl methyl sites for hydroxylation is 2. The number of hydrogen-bond donors (Lipinski definition) is 0. The van der Waals surface area contributed by atoms with Crippen LogP contribution in [0.25, 0.3) is 0 Å². The Morgan fingerprint density at radius 1 is 0.607 bits per heavy atom. The van der Waals surface area contributed by atoms with E-state index in [1.165, 1.54) is 49.7 Å². The molecule has 0 unspecified atom stereocenters. The first-order chi connectivity index (χ1) is 13.1. The Kier molecular flexibility index (Phi) is 12.9. The van der Waals surface area contributed by atoms with Crippen LogP contribution in [-0.4, -0.2) is 37.7 Å². The van der Waals surface area contributed by atoms with E-state index in [1.807, 2.05) is 24.3 Å². The van der Waals surface area contributed by atoms with Crippen molar-refractivity contribution < 1.29 is 10.2 Å². The number of unbranched alkanes of at least 4 members (excludes halogenated alkanes) is 6. The molecule has 0 amide bonds. The molecular weight excluding hydrogens is 372 g/mol. The van der Waals surface area contributed by atoms with Gasteiger partial charge in [-0.05, 0) is 43.2 Å². The van der Waals surface area contributed by atoms with Crippen molar-refractivity contribution in [1.82, 2.24) is 0 Å². The summed E-state index contributed by atoms with van der Waals surface area (Å²) in [6.45, 7) is 4.42. The molecule has 2 rings (SSSR count). The van der Waals surface area contributed by atoms with Gasteiger partial charge in [0.1, 0.15) is 0 Å². The molecule has 148 valence electrons. The largest absolute Gasteiger partial charge is 2.00 e. The minimum atomic E-state index is 0. The molecule has 0 aromatic heterocycles. The molecule has 0 N–H and O–H groups in total. The second kappa shape index (κ2) is 14.3. The Labute approximate surface area is 201 Å². The Balaban J connectivity index is 0.00000392. The summed E-state index contributed by atoms with van der Waals surface area (Å²) in [7, 11) is 0. The van der Waals surface area contributed by atoms with Crippen LogP contribution >= 0.6 is 0 Å². The zero-order valence-electron chi connectivity index (χ0n) is 17.8. The third-order valence-corrected chi connectivity index (χ3v) is 5.27. The normalized spacial score (nSPS) is 10.6. The van der Waals surface area contributed by atoms with E-state index in [-0.39, 0.29) is 49.2 Å². The molecule has 28 heavy (non-hydrogen) atoms. The van der Waals surface area contributed by atoms with Crippen LogP contribution in [0, 0.1) is 0 Å². The van der Waals surface area contributed by atoms with E-state index >= 15 is 0 Å². The van der Waals surface area contributed by atoms with Gasteiger partial charge in [-0.25, -0.2) is 0 Å². The molecule has 2 nitrogen and oxygen atoms in total. The quantitative estimate of drug-likeness (QED) is 0.355. The molecular formula is C25H34CaO2. The van der Waals surface area contributed by atoms with E-state index < -0.39 is 0 Å². The van der Waals surface area contributed by atoms with Crippen molar-refractivity contribution in [3.8, 4) is 11.5 Å². The second-order valence-electron chi connectivity index (χ2n) is 7.68. The van der Waals surface area contributed by atoms with Crippen molar-refractivity contribution in [2.75, 3.05) is 0 Å². The molecule has 0 aliphatic rings. The Hall–Kier alpha value is -0.700. The SMILES string of the molecule is CCCCCCc1ccc([O-])c(Cc2cc(CCCCCC)ccc2[O-])c1.[Ca+2]. The summed E-state index contributed by atoms with van der Waals surface area (Å²) >= 11 is 0. The summed E-state index contributed by atoms with van der Waals surface area (Å²) in [5, 5.41) is 24.6. The fraction of sp³-hybridized carbons (Fsp3) is 0.520. The Bertz CT molecular complexity index is 637. The third-order valence-electron chi connectivity index (χ3n) is 5.27. The van der Waals surface area contributed by atoms with Crippen molar-refractivity contribution in [2.45, 2.75) is 84.5 Å². The summed E-state index contributed by atoms with van der Waals surface area (Å²) in [6, 6.07) is 11.3. The van der Waals surface area contributed by atoms with Gasteiger partial charge in [-0.1, -0.05) is 99.9 Å². The first-order valence-electron chi connectivity index (χ1n) is 10.7. The van der Waals surface area contributed by atoms with Crippen molar-refractivity contribution in [3.63, 3.8) is 0 Å². The summed E-state index contributed by atoms with van der Waals surface area (Å²) in [5.74, 6) is 0.0834. The van der Waals surface area contributed by atoms with Crippen molar-refractivity contribution in [1.29, 1.82) is 0 Å². The molecule has 0 heterocycles. The fourth-order valence-electron chi connectivity index (χ4n) is 3.57. The van der Waals surface area contributed by atoms with Gasteiger partial charge < -0.3 is 10.2 Å². The Morgan fingerprint density at radius 2 is 1.04 bits per heavy atom. The van der Waals surface area contributed by atoms with E-state index in [0.717, 1.165) is 36.8 Å². The molecule has 0 atom stereocenters. The molecule has 0 spiro atoms.